The maximum absolute atomic E-state index is 12.5. The molecule has 0 amide bonds. The van der Waals surface area contributed by atoms with Crippen molar-refractivity contribution in [2.24, 2.45) is 5.73 Å². The van der Waals surface area contributed by atoms with E-state index in [0.717, 1.165) is 12.1 Å². The first-order valence-electron chi connectivity index (χ1n) is 4.55. The number of carbonyl (C=O) groups is 1. The number of alkyl halides is 3. The van der Waals surface area contributed by atoms with Gasteiger partial charge in [0.25, 0.3) is 0 Å². The number of halogens is 5. The van der Waals surface area contributed by atoms with Gasteiger partial charge in [0, 0.05) is 3.57 Å². The average molecular weight is 396 g/mol. The molecule has 3 N–H and O–H groups in total. The fourth-order valence-corrected chi connectivity index (χ4v) is 2.01. The molecule has 0 saturated heterocycles. The number of nitrogens with two attached hydrogens (primary N) is 1. The molecule has 0 spiro atoms. The van der Waals surface area contributed by atoms with Gasteiger partial charge in [0.2, 0.25) is 0 Å². The maximum atomic E-state index is 12.5. The van der Waals surface area contributed by atoms with Gasteiger partial charge in [0.1, 0.15) is 6.04 Å². The molecule has 1 aromatic rings. The second kappa shape index (κ2) is 6.58. The number of rotatable bonds is 3. The second-order valence-corrected chi connectivity index (χ2v) is 4.74. The maximum Gasteiger partial charge on any atom is 0.416 e. The summed E-state index contributed by atoms with van der Waals surface area (Å²) in [5, 5.41) is 8.59. The summed E-state index contributed by atoms with van der Waals surface area (Å²) in [6.45, 7) is 0. The van der Waals surface area contributed by atoms with Crippen molar-refractivity contribution in [1.82, 2.24) is 0 Å². The van der Waals surface area contributed by atoms with E-state index >= 15 is 0 Å². The van der Waals surface area contributed by atoms with Gasteiger partial charge in [-0.2, -0.15) is 13.2 Å². The Morgan fingerprint density at radius 1 is 1.39 bits per heavy atom. The number of carboxylic acid groups (broad SMARTS) is 1. The predicted molar refractivity (Wildman–Crippen MR) is 70.7 cm³/mol. The fraction of sp³-hybridized carbons (Fsp3) is 0.300. The van der Waals surface area contributed by atoms with Crippen LogP contribution in [0.4, 0.5) is 13.2 Å². The number of hydrogen-bond donors (Lipinski definition) is 2. The van der Waals surface area contributed by atoms with Crippen molar-refractivity contribution in [2.45, 2.75) is 18.6 Å². The Morgan fingerprint density at radius 2 is 1.94 bits per heavy atom. The molecule has 0 fully saturated rings. The van der Waals surface area contributed by atoms with Crippen molar-refractivity contribution in [1.29, 1.82) is 0 Å². The van der Waals surface area contributed by atoms with Crippen LogP contribution in [-0.2, 0) is 17.4 Å². The van der Waals surface area contributed by atoms with E-state index in [-0.39, 0.29) is 24.4 Å². The smallest absolute Gasteiger partial charge is 0.416 e. The van der Waals surface area contributed by atoms with Gasteiger partial charge in [0.05, 0.1) is 5.56 Å². The molecule has 1 atom stereocenters. The van der Waals surface area contributed by atoms with Crippen molar-refractivity contribution in [3.8, 4) is 0 Å². The topological polar surface area (TPSA) is 63.3 Å². The zero-order valence-corrected chi connectivity index (χ0v) is 11.8. The Morgan fingerprint density at radius 3 is 2.39 bits per heavy atom. The molecular weight excluding hydrogens is 385 g/mol. The van der Waals surface area contributed by atoms with Crippen LogP contribution < -0.4 is 5.73 Å². The molecule has 102 valence electrons. The molecule has 0 aliphatic rings. The lowest BCUT2D eigenvalue weighted by molar-refractivity contribution is -0.138. The van der Waals surface area contributed by atoms with Crippen LogP contribution >= 0.6 is 35.0 Å². The zero-order valence-electron chi connectivity index (χ0n) is 8.87. The summed E-state index contributed by atoms with van der Waals surface area (Å²) >= 11 is 1.75. The largest absolute Gasteiger partial charge is 0.480 e. The minimum absolute atomic E-state index is 0. The molecule has 0 radical (unpaired) electrons. The molecule has 1 rings (SSSR count). The van der Waals surface area contributed by atoms with Gasteiger partial charge in [0.15, 0.2) is 0 Å². The molecule has 0 aromatic heterocycles. The Bertz CT molecular complexity index is 440. The third-order valence-corrected chi connectivity index (χ3v) is 2.68. The molecule has 0 saturated carbocycles. The van der Waals surface area contributed by atoms with Gasteiger partial charge in [-0.1, -0.05) is 0 Å². The van der Waals surface area contributed by atoms with Crippen LogP contribution in [0.3, 0.4) is 0 Å². The highest BCUT2D eigenvalue weighted by atomic mass is 127. The van der Waals surface area contributed by atoms with Gasteiger partial charge in [-0.3, -0.25) is 4.79 Å². The predicted octanol–water partition coefficient (Wildman–Crippen LogP) is 2.69. The lowest BCUT2D eigenvalue weighted by Gasteiger charge is -2.11. The minimum Gasteiger partial charge on any atom is -0.480 e. The highest BCUT2D eigenvalue weighted by Crippen LogP contribution is 2.31. The zero-order chi connectivity index (χ0) is 13.2. The molecule has 3 nitrogen and oxygen atoms in total. The molecule has 0 heterocycles. The molecule has 0 unspecified atom stereocenters. The summed E-state index contributed by atoms with van der Waals surface area (Å²) in [6, 6.07) is 2.20. The van der Waals surface area contributed by atoms with E-state index in [0.29, 0.717) is 3.57 Å². The molecule has 1 aromatic carbocycles. The molecule has 0 bridgehead atoms. The summed E-state index contributed by atoms with van der Waals surface area (Å²) in [6.07, 6.45) is -4.57. The van der Waals surface area contributed by atoms with Gasteiger partial charge < -0.3 is 10.8 Å². The fourth-order valence-electron chi connectivity index (χ4n) is 1.27. The van der Waals surface area contributed by atoms with Crippen LogP contribution in [0.1, 0.15) is 11.1 Å². The van der Waals surface area contributed by atoms with Gasteiger partial charge in [-0.25, -0.2) is 0 Å². The van der Waals surface area contributed by atoms with Gasteiger partial charge in [-0.05, 0) is 52.8 Å². The van der Waals surface area contributed by atoms with Crippen molar-refractivity contribution < 1.29 is 23.1 Å². The average Bonchev–Trinajstić information content (AvgIpc) is 2.15. The van der Waals surface area contributed by atoms with Crippen LogP contribution in [0.25, 0.3) is 0 Å². The van der Waals surface area contributed by atoms with Crippen LogP contribution in [0.15, 0.2) is 18.2 Å². The molecule has 0 aliphatic carbocycles. The van der Waals surface area contributed by atoms with E-state index in [2.05, 4.69) is 0 Å². The summed E-state index contributed by atoms with van der Waals surface area (Å²) in [5.41, 5.74) is 4.74. The normalized spacial score (nSPS) is 12.7. The number of benzene rings is 1. The number of aliphatic carboxylic acids is 1. The summed E-state index contributed by atoms with van der Waals surface area (Å²) in [4.78, 5) is 10.5. The third kappa shape index (κ3) is 4.99. The van der Waals surface area contributed by atoms with Crippen LogP contribution in [0.5, 0.6) is 0 Å². The Labute approximate surface area is 121 Å². The third-order valence-electron chi connectivity index (χ3n) is 2.06. The van der Waals surface area contributed by atoms with Crippen molar-refractivity contribution in [3.05, 3.63) is 32.9 Å². The van der Waals surface area contributed by atoms with Gasteiger partial charge in [-0.15, -0.1) is 12.4 Å². The molecule has 8 heteroatoms. The SMILES string of the molecule is Cl.N[C@H](Cc1cc(I)cc(C(F)(F)F)c1)C(=O)O. The standard InChI is InChI=1S/C10H9F3INO2.ClH/c11-10(12,13)6-1-5(2-7(14)4-6)3-8(15)9(16)17;/h1-2,4,8H,3,15H2,(H,16,17);1H/t8-;/m1./s1. The number of carboxylic acids is 1. The Hall–Kier alpha value is -0.540. The van der Waals surface area contributed by atoms with Crippen molar-refractivity contribution in [2.75, 3.05) is 0 Å². The van der Waals surface area contributed by atoms with Crippen LogP contribution in [-0.4, -0.2) is 17.1 Å². The van der Waals surface area contributed by atoms with Crippen LogP contribution in [0.2, 0.25) is 0 Å². The van der Waals surface area contributed by atoms with E-state index in [1.54, 1.807) is 22.6 Å². The lowest BCUT2D eigenvalue weighted by Crippen LogP contribution is -2.32. The van der Waals surface area contributed by atoms with Crippen molar-refractivity contribution in [3.63, 3.8) is 0 Å². The minimum atomic E-state index is -4.44. The monoisotopic (exact) mass is 395 g/mol. The van der Waals surface area contributed by atoms with E-state index in [9.17, 15) is 18.0 Å². The van der Waals surface area contributed by atoms with Crippen molar-refractivity contribution >= 4 is 41.0 Å². The van der Waals surface area contributed by atoms with E-state index in [1.165, 1.54) is 6.07 Å². The highest BCUT2D eigenvalue weighted by molar-refractivity contribution is 14.1. The Kier molecular flexibility index (Phi) is 6.38. The van der Waals surface area contributed by atoms with Gasteiger partial charge >= 0.3 is 12.1 Å². The molecular formula is C10H10ClF3INO2. The van der Waals surface area contributed by atoms with E-state index < -0.39 is 23.8 Å². The highest BCUT2D eigenvalue weighted by Gasteiger charge is 2.31. The van der Waals surface area contributed by atoms with E-state index in [4.69, 9.17) is 10.8 Å². The molecule has 0 aliphatic heterocycles. The molecule has 18 heavy (non-hydrogen) atoms. The first-order valence-corrected chi connectivity index (χ1v) is 5.63. The quantitative estimate of drug-likeness (QED) is 0.774. The lowest BCUT2D eigenvalue weighted by atomic mass is 10.0. The summed E-state index contributed by atoms with van der Waals surface area (Å²) in [5.74, 6) is -1.24. The summed E-state index contributed by atoms with van der Waals surface area (Å²) < 4.78 is 37.9. The van der Waals surface area contributed by atoms with Crippen LogP contribution in [0, 0.1) is 3.57 Å². The summed E-state index contributed by atoms with van der Waals surface area (Å²) in [7, 11) is 0. The first-order chi connectivity index (χ1) is 7.70. The van der Waals surface area contributed by atoms with E-state index in [1.807, 2.05) is 0 Å². The Balaban J connectivity index is 0.00000289. The second-order valence-electron chi connectivity index (χ2n) is 3.49. The number of hydrogen-bond acceptors (Lipinski definition) is 2. The first kappa shape index (κ1) is 17.5.